The van der Waals surface area contributed by atoms with Crippen LogP contribution in [0.1, 0.15) is 11.6 Å². The van der Waals surface area contributed by atoms with Crippen molar-refractivity contribution in [3.8, 4) is 17.1 Å². The predicted molar refractivity (Wildman–Crippen MR) is 117 cm³/mol. The summed E-state index contributed by atoms with van der Waals surface area (Å²) in [6.07, 6.45) is -0.0394. The molecule has 1 aromatic heterocycles. The van der Waals surface area contributed by atoms with Crippen LogP contribution in [0.5, 0.6) is 5.75 Å². The van der Waals surface area contributed by atoms with E-state index in [9.17, 15) is 0 Å². The lowest BCUT2D eigenvalue weighted by molar-refractivity contribution is 0.420. The number of rotatable bonds is 4. The molecule has 1 heterocycles. The van der Waals surface area contributed by atoms with Gasteiger partial charge in [0.15, 0.2) is 13.4 Å². The van der Waals surface area contributed by atoms with Crippen LogP contribution in [0.25, 0.3) is 22.2 Å². The fourth-order valence-corrected chi connectivity index (χ4v) is 3.47. The van der Waals surface area contributed by atoms with E-state index < -0.39 is 7.59 Å². The monoisotopic (exact) mass is 497 g/mol. The second kappa shape index (κ2) is 8.55. The maximum atomic E-state index is 5.92. The van der Waals surface area contributed by atoms with Crippen molar-refractivity contribution >= 4 is 80.4 Å². The maximum Gasteiger partial charge on any atom is 0.197 e. The molecule has 28 heavy (non-hydrogen) atoms. The van der Waals surface area contributed by atoms with Crippen molar-refractivity contribution in [2.24, 2.45) is 0 Å². The largest absolute Gasteiger partial charge is 0.496 e. The molecular formula is C18H13Cl6N3O. The molecule has 0 saturated heterocycles. The third-order valence-corrected chi connectivity index (χ3v) is 4.59. The van der Waals surface area contributed by atoms with Gasteiger partial charge in [0.1, 0.15) is 17.4 Å². The van der Waals surface area contributed by atoms with Crippen LogP contribution in [0.3, 0.4) is 0 Å². The minimum atomic E-state index is -1.57. The van der Waals surface area contributed by atoms with Crippen molar-refractivity contribution in [2.75, 3.05) is 7.11 Å². The van der Waals surface area contributed by atoms with Gasteiger partial charge in [0, 0.05) is 10.9 Å². The first kappa shape index (κ1) is 21.9. The highest BCUT2D eigenvalue weighted by atomic mass is 35.6. The van der Waals surface area contributed by atoms with E-state index in [1.54, 1.807) is 7.11 Å². The van der Waals surface area contributed by atoms with Gasteiger partial charge in [0.05, 0.1) is 20.0 Å². The highest BCUT2D eigenvalue weighted by molar-refractivity contribution is 6.68. The minimum absolute atomic E-state index is 0.0197. The fraction of sp³-hybridized carbons (Fsp3) is 0.278. The summed E-state index contributed by atoms with van der Waals surface area (Å²) in [4.78, 5) is 13.2. The predicted octanol–water partition coefficient (Wildman–Crippen LogP) is 6.53. The number of nitrogens with zero attached hydrogens (tertiary/aromatic N) is 3. The first-order chi connectivity index (χ1) is 13.1. The summed E-state index contributed by atoms with van der Waals surface area (Å²) in [5, 5.41) is 1.81. The summed E-state index contributed by atoms with van der Waals surface area (Å²) in [5.74, 6) is 1.70. The number of ether oxygens (including phenoxy) is 1. The van der Waals surface area contributed by atoms with Crippen molar-refractivity contribution in [1.29, 1.82) is 0 Å². The van der Waals surface area contributed by atoms with Crippen molar-refractivity contribution < 1.29 is 4.74 Å². The number of alkyl halides is 6. The maximum absolute atomic E-state index is 5.92. The molecule has 0 bridgehead atoms. The number of methoxy groups -OCH3 is 1. The van der Waals surface area contributed by atoms with E-state index in [4.69, 9.17) is 74.3 Å². The Hall–Kier alpha value is -0.750. The Kier molecular flexibility index (Phi) is 6.70. The van der Waals surface area contributed by atoms with Gasteiger partial charge >= 0.3 is 0 Å². The van der Waals surface area contributed by atoms with Gasteiger partial charge in [0.2, 0.25) is 0 Å². The Morgan fingerprint density at radius 1 is 0.750 bits per heavy atom. The molecule has 0 unspecified atom stereocenters. The van der Waals surface area contributed by atoms with Crippen LogP contribution >= 0.6 is 69.6 Å². The zero-order valence-electron chi connectivity index (χ0n) is 14.4. The second-order valence-corrected chi connectivity index (χ2v) is 11.0. The lowest BCUT2D eigenvalue weighted by Crippen LogP contribution is -2.16. The summed E-state index contributed by atoms with van der Waals surface area (Å²) in [6.45, 7) is 0. The van der Waals surface area contributed by atoms with Gasteiger partial charge in [-0.1, -0.05) is 93.9 Å². The van der Waals surface area contributed by atoms with Crippen LogP contribution in [0.15, 0.2) is 36.4 Å². The molecule has 3 aromatic rings. The van der Waals surface area contributed by atoms with E-state index in [0.717, 1.165) is 22.1 Å². The highest BCUT2D eigenvalue weighted by Crippen LogP contribution is 2.35. The van der Waals surface area contributed by atoms with Crippen LogP contribution in [-0.2, 0) is 12.8 Å². The molecule has 0 spiro atoms. The summed E-state index contributed by atoms with van der Waals surface area (Å²) in [7, 11) is 1.61. The van der Waals surface area contributed by atoms with Gasteiger partial charge in [-0.2, -0.15) is 0 Å². The van der Waals surface area contributed by atoms with Crippen molar-refractivity contribution in [2.45, 2.75) is 20.4 Å². The summed E-state index contributed by atoms with van der Waals surface area (Å²) < 4.78 is 2.30. The molecule has 148 valence electrons. The molecule has 0 amide bonds. The molecule has 0 N–H and O–H groups in total. The molecule has 0 saturated carbocycles. The SMILES string of the molecule is COc1ccc(-c2nc(CC(Cl)(Cl)Cl)nc(CC(Cl)(Cl)Cl)n2)c2ccccc12. The van der Waals surface area contributed by atoms with Crippen molar-refractivity contribution in [3.05, 3.63) is 48.0 Å². The van der Waals surface area contributed by atoms with Crippen LogP contribution < -0.4 is 4.74 Å². The lowest BCUT2D eigenvalue weighted by Gasteiger charge is -2.15. The van der Waals surface area contributed by atoms with E-state index in [-0.39, 0.29) is 24.5 Å². The third-order valence-electron chi connectivity index (χ3n) is 3.79. The van der Waals surface area contributed by atoms with Gasteiger partial charge in [-0.05, 0) is 17.5 Å². The molecule has 0 atom stereocenters. The molecule has 0 aliphatic heterocycles. The Bertz CT molecular complexity index is 967. The Labute approximate surface area is 192 Å². The minimum Gasteiger partial charge on any atom is -0.496 e. The normalized spacial score (nSPS) is 12.4. The smallest absolute Gasteiger partial charge is 0.197 e. The van der Waals surface area contributed by atoms with Gasteiger partial charge in [-0.25, -0.2) is 15.0 Å². The molecule has 10 heteroatoms. The van der Waals surface area contributed by atoms with E-state index >= 15 is 0 Å². The third kappa shape index (κ3) is 5.65. The molecular weight excluding hydrogens is 487 g/mol. The molecule has 3 rings (SSSR count). The zero-order chi connectivity index (χ0) is 20.5. The molecule has 0 aliphatic rings. The van der Waals surface area contributed by atoms with Gasteiger partial charge in [-0.15, -0.1) is 0 Å². The molecule has 0 radical (unpaired) electrons. The Morgan fingerprint density at radius 2 is 1.29 bits per heavy atom. The lowest BCUT2D eigenvalue weighted by atomic mass is 10.0. The van der Waals surface area contributed by atoms with Crippen molar-refractivity contribution in [3.63, 3.8) is 0 Å². The standard InChI is InChI=1S/C18H13Cl6N3O/c1-28-13-7-6-12(10-4-2-3-5-11(10)13)16-26-14(8-17(19,20)21)25-15(27-16)9-18(22,23)24/h2-7H,8-9H2,1H3. The van der Waals surface area contributed by atoms with Crippen LogP contribution in [0, 0.1) is 0 Å². The average molecular weight is 500 g/mol. The van der Waals surface area contributed by atoms with E-state index in [1.165, 1.54) is 0 Å². The first-order valence-corrected chi connectivity index (χ1v) is 10.3. The molecule has 0 fully saturated rings. The zero-order valence-corrected chi connectivity index (χ0v) is 18.9. The second-order valence-electron chi connectivity index (χ2n) is 5.94. The molecule has 2 aromatic carbocycles. The van der Waals surface area contributed by atoms with Gasteiger partial charge in [0.25, 0.3) is 0 Å². The van der Waals surface area contributed by atoms with E-state index in [1.807, 2.05) is 36.4 Å². The molecule has 0 aliphatic carbocycles. The number of benzene rings is 2. The number of hydrogen-bond acceptors (Lipinski definition) is 4. The van der Waals surface area contributed by atoms with E-state index in [0.29, 0.717) is 5.82 Å². The number of halogens is 6. The summed E-state index contributed by atoms with van der Waals surface area (Å²) in [5.41, 5.74) is 0.759. The topological polar surface area (TPSA) is 47.9 Å². The molecule has 4 nitrogen and oxygen atoms in total. The van der Waals surface area contributed by atoms with Crippen LogP contribution in [0.4, 0.5) is 0 Å². The summed E-state index contributed by atoms with van der Waals surface area (Å²) in [6, 6.07) is 11.4. The first-order valence-electron chi connectivity index (χ1n) is 7.99. The average Bonchev–Trinajstić information content (AvgIpc) is 2.57. The van der Waals surface area contributed by atoms with Crippen LogP contribution in [-0.4, -0.2) is 29.6 Å². The van der Waals surface area contributed by atoms with Crippen LogP contribution in [0.2, 0.25) is 0 Å². The quantitative estimate of drug-likeness (QED) is 0.383. The number of aromatic nitrogens is 3. The van der Waals surface area contributed by atoms with Gasteiger partial charge in [-0.3, -0.25) is 0 Å². The number of fused-ring (bicyclic) bond motifs is 1. The Balaban J connectivity index is 2.19. The Morgan fingerprint density at radius 3 is 1.79 bits per heavy atom. The van der Waals surface area contributed by atoms with E-state index in [2.05, 4.69) is 15.0 Å². The fourth-order valence-electron chi connectivity index (χ4n) is 2.75. The van der Waals surface area contributed by atoms with Gasteiger partial charge < -0.3 is 4.74 Å². The number of hydrogen-bond donors (Lipinski definition) is 0. The summed E-state index contributed by atoms with van der Waals surface area (Å²) >= 11 is 35.5. The highest BCUT2D eigenvalue weighted by Gasteiger charge is 2.27. The van der Waals surface area contributed by atoms with Crippen molar-refractivity contribution in [1.82, 2.24) is 15.0 Å².